The van der Waals surface area contributed by atoms with E-state index in [1.807, 2.05) is 18.7 Å². The Hall–Kier alpha value is -1.61. The summed E-state index contributed by atoms with van der Waals surface area (Å²) in [5, 5.41) is 10.9. The number of hydrogen-bond donors (Lipinski definition) is 3. The summed E-state index contributed by atoms with van der Waals surface area (Å²) in [6.45, 7) is 7.04. The Bertz CT molecular complexity index is 752. The lowest BCUT2D eigenvalue weighted by atomic mass is 9.86. The van der Waals surface area contributed by atoms with Crippen molar-refractivity contribution in [3.05, 3.63) is 17.0 Å². The highest BCUT2D eigenvalue weighted by Gasteiger charge is 2.20. The van der Waals surface area contributed by atoms with Crippen molar-refractivity contribution in [1.82, 2.24) is 25.1 Å². The molecule has 0 radical (unpaired) electrons. The third-order valence-electron chi connectivity index (χ3n) is 5.26. The molecule has 8 nitrogen and oxygen atoms in total. The molecule has 0 aromatic carbocycles. The fraction of sp³-hybridized carbons (Fsp3) is 0.778. The SMILES string of the molecule is CN=C(NCCS(=O)(=O)NCC1CCC1)NC(C)Cc1c(C)nn(C)c1C. The highest BCUT2D eigenvalue weighted by atomic mass is 32.2. The van der Waals surface area contributed by atoms with E-state index in [9.17, 15) is 8.42 Å². The molecule has 1 aromatic heterocycles. The van der Waals surface area contributed by atoms with Crippen LogP contribution in [0.1, 0.15) is 43.1 Å². The highest BCUT2D eigenvalue weighted by molar-refractivity contribution is 7.89. The van der Waals surface area contributed by atoms with Crippen molar-refractivity contribution in [3.63, 3.8) is 0 Å². The zero-order valence-corrected chi connectivity index (χ0v) is 18.0. The zero-order valence-electron chi connectivity index (χ0n) is 17.2. The number of sulfonamides is 1. The summed E-state index contributed by atoms with van der Waals surface area (Å²) < 4.78 is 28.7. The number of rotatable bonds is 9. The number of aromatic nitrogens is 2. The van der Waals surface area contributed by atoms with E-state index in [1.165, 1.54) is 12.0 Å². The molecule has 0 spiro atoms. The van der Waals surface area contributed by atoms with Crippen molar-refractivity contribution in [3.8, 4) is 0 Å². The van der Waals surface area contributed by atoms with E-state index >= 15 is 0 Å². The summed E-state index contributed by atoms with van der Waals surface area (Å²) in [5.41, 5.74) is 3.43. The molecule has 9 heteroatoms. The fourth-order valence-corrected chi connectivity index (χ4v) is 4.22. The van der Waals surface area contributed by atoms with Crippen LogP contribution in [-0.4, -0.2) is 56.1 Å². The van der Waals surface area contributed by atoms with E-state index < -0.39 is 10.0 Å². The van der Waals surface area contributed by atoms with Gasteiger partial charge < -0.3 is 10.6 Å². The van der Waals surface area contributed by atoms with Crippen LogP contribution in [0.15, 0.2) is 4.99 Å². The van der Waals surface area contributed by atoms with Gasteiger partial charge >= 0.3 is 0 Å². The molecule has 1 heterocycles. The van der Waals surface area contributed by atoms with E-state index in [0.717, 1.165) is 30.7 Å². The van der Waals surface area contributed by atoms with Crippen LogP contribution in [0.2, 0.25) is 0 Å². The second kappa shape index (κ2) is 9.54. The van der Waals surface area contributed by atoms with Gasteiger partial charge in [0.25, 0.3) is 0 Å². The van der Waals surface area contributed by atoms with Gasteiger partial charge in [-0.2, -0.15) is 5.10 Å². The third kappa shape index (κ3) is 6.49. The number of nitrogens with one attached hydrogen (secondary N) is 3. The standard InChI is InChI=1S/C18H34N6O2S/c1-13(11-17-14(2)23-24(5)15(17)3)22-18(19-4)20-9-10-27(25,26)21-12-16-7-6-8-16/h13,16,21H,6-12H2,1-5H3,(H2,19,20,22). The lowest BCUT2D eigenvalue weighted by Gasteiger charge is -2.25. The molecule has 2 rings (SSSR count). The maximum Gasteiger partial charge on any atom is 0.213 e. The van der Waals surface area contributed by atoms with Gasteiger partial charge in [0.05, 0.1) is 11.4 Å². The van der Waals surface area contributed by atoms with Gasteiger partial charge in [0, 0.05) is 38.9 Å². The summed E-state index contributed by atoms with van der Waals surface area (Å²) >= 11 is 0. The smallest absolute Gasteiger partial charge is 0.213 e. The van der Waals surface area contributed by atoms with Crippen molar-refractivity contribution in [1.29, 1.82) is 0 Å². The quantitative estimate of drug-likeness (QED) is 0.423. The molecular weight excluding hydrogens is 364 g/mol. The Labute approximate surface area is 163 Å². The molecule has 0 aliphatic heterocycles. The van der Waals surface area contributed by atoms with E-state index in [1.54, 1.807) is 7.05 Å². The van der Waals surface area contributed by atoms with Crippen LogP contribution in [0, 0.1) is 19.8 Å². The normalized spacial score (nSPS) is 16.9. The van der Waals surface area contributed by atoms with Crippen LogP contribution in [-0.2, 0) is 23.5 Å². The van der Waals surface area contributed by atoms with E-state index in [-0.39, 0.29) is 11.8 Å². The van der Waals surface area contributed by atoms with Crippen molar-refractivity contribution in [2.75, 3.05) is 25.9 Å². The summed E-state index contributed by atoms with van der Waals surface area (Å²) in [7, 11) is 0.386. The van der Waals surface area contributed by atoms with E-state index in [2.05, 4.69) is 39.3 Å². The summed E-state index contributed by atoms with van der Waals surface area (Å²) in [4.78, 5) is 4.19. The van der Waals surface area contributed by atoms with Crippen LogP contribution >= 0.6 is 0 Å². The minimum Gasteiger partial charge on any atom is -0.355 e. The van der Waals surface area contributed by atoms with Gasteiger partial charge in [-0.05, 0) is 51.5 Å². The van der Waals surface area contributed by atoms with E-state index in [0.29, 0.717) is 25.0 Å². The molecule has 0 bridgehead atoms. The first-order valence-corrected chi connectivity index (χ1v) is 11.3. The lowest BCUT2D eigenvalue weighted by Crippen LogP contribution is -2.45. The molecule has 0 amide bonds. The lowest BCUT2D eigenvalue weighted by molar-refractivity contribution is 0.316. The molecule has 1 aliphatic rings. The second-order valence-electron chi connectivity index (χ2n) is 7.49. The Morgan fingerprint density at radius 3 is 2.59 bits per heavy atom. The molecule has 1 atom stereocenters. The molecule has 1 saturated carbocycles. The second-order valence-corrected chi connectivity index (χ2v) is 9.41. The first-order valence-electron chi connectivity index (χ1n) is 9.65. The summed E-state index contributed by atoms with van der Waals surface area (Å²) in [6, 6.07) is 0.145. The predicted octanol–water partition coefficient (Wildman–Crippen LogP) is 0.852. The third-order valence-corrected chi connectivity index (χ3v) is 6.60. The van der Waals surface area contributed by atoms with Crippen molar-refractivity contribution in [2.45, 2.75) is 52.5 Å². The van der Waals surface area contributed by atoms with Gasteiger partial charge in [-0.15, -0.1) is 0 Å². The van der Waals surface area contributed by atoms with Gasteiger partial charge in [0.2, 0.25) is 10.0 Å². The average molecular weight is 399 g/mol. The molecular formula is C18H34N6O2S. The summed E-state index contributed by atoms with van der Waals surface area (Å²) in [6.07, 6.45) is 4.30. The largest absolute Gasteiger partial charge is 0.355 e. The van der Waals surface area contributed by atoms with Gasteiger partial charge in [-0.3, -0.25) is 9.67 Å². The van der Waals surface area contributed by atoms with Gasteiger partial charge in [-0.1, -0.05) is 6.42 Å². The molecule has 154 valence electrons. The van der Waals surface area contributed by atoms with Crippen LogP contribution in [0.4, 0.5) is 0 Å². The number of guanidine groups is 1. The van der Waals surface area contributed by atoms with Crippen LogP contribution < -0.4 is 15.4 Å². The molecule has 0 saturated heterocycles. The van der Waals surface area contributed by atoms with Crippen molar-refractivity contribution in [2.24, 2.45) is 18.0 Å². The minimum absolute atomic E-state index is 0.0373. The number of aryl methyl sites for hydroxylation is 2. The van der Waals surface area contributed by atoms with Crippen LogP contribution in [0.25, 0.3) is 0 Å². The van der Waals surface area contributed by atoms with E-state index in [4.69, 9.17) is 0 Å². The fourth-order valence-electron chi connectivity index (χ4n) is 3.22. The number of nitrogens with zero attached hydrogens (tertiary/aromatic N) is 3. The first kappa shape index (κ1) is 21.7. The zero-order chi connectivity index (χ0) is 20.0. The molecule has 27 heavy (non-hydrogen) atoms. The van der Waals surface area contributed by atoms with Crippen LogP contribution in [0.5, 0.6) is 0 Å². The summed E-state index contributed by atoms with van der Waals surface area (Å²) in [5.74, 6) is 1.16. The minimum atomic E-state index is -3.25. The maximum absolute atomic E-state index is 12.1. The number of hydrogen-bond acceptors (Lipinski definition) is 4. The predicted molar refractivity (Wildman–Crippen MR) is 109 cm³/mol. The Balaban J connectivity index is 1.76. The molecule has 1 unspecified atom stereocenters. The number of aliphatic imine (C=N–C) groups is 1. The molecule has 1 aliphatic carbocycles. The Morgan fingerprint density at radius 1 is 1.37 bits per heavy atom. The maximum atomic E-state index is 12.1. The Kier molecular flexibility index (Phi) is 7.67. The van der Waals surface area contributed by atoms with Gasteiger partial charge in [0.1, 0.15) is 0 Å². The molecule has 1 aromatic rings. The van der Waals surface area contributed by atoms with Crippen molar-refractivity contribution < 1.29 is 8.42 Å². The molecule has 3 N–H and O–H groups in total. The van der Waals surface area contributed by atoms with Gasteiger partial charge in [0.15, 0.2) is 5.96 Å². The van der Waals surface area contributed by atoms with Crippen LogP contribution in [0.3, 0.4) is 0 Å². The monoisotopic (exact) mass is 398 g/mol. The first-order chi connectivity index (χ1) is 12.7. The highest BCUT2D eigenvalue weighted by Crippen LogP contribution is 2.25. The van der Waals surface area contributed by atoms with Gasteiger partial charge in [-0.25, -0.2) is 13.1 Å². The molecule has 1 fully saturated rings. The topological polar surface area (TPSA) is 100 Å². The van der Waals surface area contributed by atoms with Crippen molar-refractivity contribution >= 4 is 16.0 Å². The Morgan fingerprint density at radius 2 is 2.07 bits per heavy atom. The average Bonchev–Trinajstić information content (AvgIpc) is 2.78.